The third-order valence-electron chi connectivity index (χ3n) is 3.80. The maximum atomic E-state index is 4.22. The highest BCUT2D eigenvalue weighted by Crippen LogP contribution is 2.42. The molecule has 2 nitrogen and oxygen atoms in total. The number of aromatic nitrogens is 1. The highest BCUT2D eigenvalue weighted by Gasteiger charge is 2.37. The molecule has 0 atom stereocenters. The largest absolute Gasteiger partial charge is 0.317 e. The Kier molecular flexibility index (Phi) is 1.84. The van der Waals surface area contributed by atoms with Gasteiger partial charge in [-0.1, -0.05) is 0 Å². The summed E-state index contributed by atoms with van der Waals surface area (Å²) < 4.78 is 0. The zero-order valence-corrected chi connectivity index (χ0v) is 8.42. The molecule has 0 radical (unpaired) electrons. The van der Waals surface area contributed by atoms with Crippen molar-refractivity contribution in [3.63, 3.8) is 0 Å². The summed E-state index contributed by atoms with van der Waals surface area (Å²) in [5.74, 6) is 0. The molecule has 1 aromatic rings. The zero-order valence-electron chi connectivity index (χ0n) is 8.42. The van der Waals surface area contributed by atoms with Gasteiger partial charge in [-0.3, -0.25) is 4.98 Å². The van der Waals surface area contributed by atoms with Gasteiger partial charge in [0.2, 0.25) is 0 Å². The quantitative estimate of drug-likeness (QED) is 0.668. The van der Waals surface area contributed by atoms with Crippen LogP contribution in [0, 0.1) is 5.41 Å². The van der Waals surface area contributed by atoms with Crippen molar-refractivity contribution in [3.8, 4) is 0 Å². The SMILES string of the molecule is c1cc2c(cn1)CC1(CCNCC1)C2. The van der Waals surface area contributed by atoms with Gasteiger partial charge in [0.15, 0.2) is 0 Å². The molecule has 1 N–H and O–H groups in total. The Hall–Kier alpha value is -0.890. The fraction of sp³-hybridized carbons (Fsp3) is 0.583. The minimum atomic E-state index is 0.580. The summed E-state index contributed by atoms with van der Waals surface area (Å²) in [7, 11) is 0. The summed E-state index contributed by atoms with van der Waals surface area (Å²) in [5.41, 5.74) is 3.62. The Morgan fingerprint density at radius 2 is 1.93 bits per heavy atom. The first-order valence-corrected chi connectivity index (χ1v) is 5.51. The molecule has 1 fully saturated rings. The molecule has 1 spiro atoms. The van der Waals surface area contributed by atoms with Gasteiger partial charge in [0.1, 0.15) is 0 Å². The molecule has 2 aliphatic rings. The molecule has 2 heterocycles. The lowest BCUT2D eigenvalue weighted by molar-refractivity contribution is 0.216. The van der Waals surface area contributed by atoms with E-state index in [1.54, 1.807) is 5.56 Å². The second kappa shape index (κ2) is 3.06. The number of hydrogen-bond acceptors (Lipinski definition) is 2. The predicted molar refractivity (Wildman–Crippen MR) is 56.2 cm³/mol. The van der Waals surface area contributed by atoms with Crippen molar-refractivity contribution in [2.45, 2.75) is 25.7 Å². The van der Waals surface area contributed by atoms with Crippen molar-refractivity contribution in [1.82, 2.24) is 10.3 Å². The van der Waals surface area contributed by atoms with E-state index in [0.717, 1.165) is 0 Å². The van der Waals surface area contributed by atoms with E-state index < -0.39 is 0 Å². The second-order valence-corrected chi connectivity index (χ2v) is 4.75. The highest BCUT2D eigenvalue weighted by molar-refractivity contribution is 5.31. The van der Waals surface area contributed by atoms with Gasteiger partial charge in [-0.2, -0.15) is 0 Å². The minimum absolute atomic E-state index is 0.580. The molecule has 1 aliphatic carbocycles. The van der Waals surface area contributed by atoms with Crippen LogP contribution in [0.25, 0.3) is 0 Å². The van der Waals surface area contributed by atoms with Crippen molar-refractivity contribution < 1.29 is 0 Å². The van der Waals surface area contributed by atoms with E-state index >= 15 is 0 Å². The predicted octanol–water partition coefficient (Wildman–Crippen LogP) is 1.55. The Balaban J connectivity index is 1.89. The van der Waals surface area contributed by atoms with Crippen LogP contribution in [0.15, 0.2) is 18.5 Å². The molecule has 0 unspecified atom stereocenters. The van der Waals surface area contributed by atoms with Crippen LogP contribution in [-0.4, -0.2) is 18.1 Å². The summed E-state index contributed by atoms with van der Waals surface area (Å²) in [5, 5.41) is 3.45. The first-order chi connectivity index (χ1) is 6.88. The number of nitrogens with zero attached hydrogens (tertiary/aromatic N) is 1. The van der Waals surface area contributed by atoms with Crippen molar-refractivity contribution >= 4 is 0 Å². The fourth-order valence-corrected chi connectivity index (χ4v) is 2.97. The molecule has 3 rings (SSSR count). The monoisotopic (exact) mass is 188 g/mol. The third-order valence-corrected chi connectivity index (χ3v) is 3.80. The molecular formula is C12H16N2. The summed E-state index contributed by atoms with van der Waals surface area (Å²) >= 11 is 0. The summed E-state index contributed by atoms with van der Waals surface area (Å²) in [6.07, 6.45) is 9.21. The lowest BCUT2D eigenvalue weighted by Crippen LogP contribution is -2.37. The average Bonchev–Trinajstić information content (AvgIpc) is 2.56. The van der Waals surface area contributed by atoms with E-state index in [9.17, 15) is 0 Å². The molecule has 1 aromatic heterocycles. The maximum Gasteiger partial charge on any atom is 0.0302 e. The summed E-state index contributed by atoms with van der Waals surface area (Å²) in [4.78, 5) is 4.22. The van der Waals surface area contributed by atoms with Crippen molar-refractivity contribution in [1.29, 1.82) is 0 Å². The van der Waals surface area contributed by atoms with E-state index in [1.165, 1.54) is 44.3 Å². The topological polar surface area (TPSA) is 24.9 Å². The van der Waals surface area contributed by atoms with E-state index in [1.807, 2.05) is 6.20 Å². The van der Waals surface area contributed by atoms with Crippen LogP contribution in [0.2, 0.25) is 0 Å². The van der Waals surface area contributed by atoms with Crippen molar-refractivity contribution in [3.05, 3.63) is 29.6 Å². The average molecular weight is 188 g/mol. The van der Waals surface area contributed by atoms with Gasteiger partial charge in [0, 0.05) is 12.4 Å². The molecule has 0 bridgehead atoms. The van der Waals surface area contributed by atoms with E-state index in [0.29, 0.717) is 5.41 Å². The first kappa shape index (κ1) is 8.42. The molecule has 1 aliphatic heterocycles. The molecule has 0 saturated carbocycles. The highest BCUT2D eigenvalue weighted by atomic mass is 14.9. The van der Waals surface area contributed by atoms with Crippen LogP contribution in [0.3, 0.4) is 0 Å². The standard InChI is InChI=1S/C12H16N2/c1-4-14-9-11-8-12(7-10(1)11)2-5-13-6-3-12/h1,4,9,13H,2-3,5-8H2. The minimum Gasteiger partial charge on any atom is -0.317 e. The molecule has 0 amide bonds. The molecule has 2 heteroatoms. The van der Waals surface area contributed by atoms with E-state index in [2.05, 4.69) is 22.6 Å². The smallest absolute Gasteiger partial charge is 0.0302 e. The number of fused-ring (bicyclic) bond motifs is 1. The van der Waals surface area contributed by atoms with Gasteiger partial charge in [0.25, 0.3) is 0 Å². The summed E-state index contributed by atoms with van der Waals surface area (Å²) in [6, 6.07) is 2.20. The number of piperidine rings is 1. The Morgan fingerprint density at radius 3 is 2.71 bits per heavy atom. The summed E-state index contributed by atoms with van der Waals surface area (Å²) in [6.45, 7) is 2.39. The lowest BCUT2D eigenvalue weighted by atomic mass is 9.76. The Bertz CT molecular complexity index is 313. The van der Waals surface area contributed by atoms with Gasteiger partial charge in [0.05, 0.1) is 0 Å². The zero-order chi connectivity index (χ0) is 9.43. The lowest BCUT2D eigenvalue weighted by Gasteiger charge is -2.33. The number of hydrogen-bond donors (Lipinski definition) is 1. The van der Waals surface area contributed by atoms with Crippen LogP contribution in [0.4, 0.5) is 0 Å². The Labute approximate surface area is 84.7 Å². The van der Waals surface area contributed by atoms with Crippen LogP contribution in [-0.2, 0) is 12.8 Å². The molecule has 74 valence electrons. The van der Waals surface area contributed by atoms with Crippen LogP contribution in [0.1, 0.15) is 24.0 Å². The van der Waals surface area contributed by atoms with E-state index in [-0.39, 0.29) is 0 Å². The molecule has 0 aromatic carbocycles. The third kappa shape index (κ3) is 1.25. The molecule has 14 heavy (non-hydrogen) atoms. The number of nitrogens with one attached hydrogen (secondary N) is 1. The first-order valence-electron chi connectivity index (χ1n) is 5.51. The fourth-order valence-electron chi connectivity index (χ4n) is 2.97. The maximum absolute atomic E-state index is 4.22. The van der Waals surface area contributed by atoms with Gasteiger partial charge in [-0.05, 0) is 61.4 Å². The number of pyridine rings is 1. The van der Waals surface area contributed by atoms with Gasteiger partial charge in [-0.15, -0.1) is 0 Å². The normalized spacial score (nSPS) is 23.7. The van der Waals surface area contributed by atoms with Gasteiger partial charge < -0.3 is 5.32 Å². The Morgan fingerprint density at radius 1 is 1.14 bits per heavy atom. The van der Waals surface area contributed by atoms with Gasteiger partial charge in [-0.25, -0.2) is 0 Å². The molecule has 1 saturated heterocycles. The van der Waals surface area contributed by atoms with E-state index in [4.69, 9.17) is 0 Å². The van der Waals surface area contributed by atoms with Crippen LogP contribution >= 0.6 is 0 Å². The molecular weight excluding hydrogens is 172 g/mol. The van der Waals surface area contributed by atoms with Gasteiger partial charge >= 0.3 is 0 Å². The van der Waals surface area contributed by atoms with Crippen molar-refractivity contribution in [2.24, 2.45) is 5.41 Å². The second-order valence-electron chi connectivity index (χ2n) is 4.75. The van der Waals surface area contributed by atoms with Crippen LogP contribution < -0.4 is 5.32 Å². The number of rotatable bonds is 0. The van der Waals surface area contributed by atoms with Crippen molar-refractivity contribution in [2.75, 3.05) is 13.1 Å². The van der Waals surface area contributed by atoms with Crippen LogP contribution in [0.5, 0.6) is 0 Å².